The molecule has 8 heteroatoms. The van der Waals surface area contributed by atoms with Crippen LogP contribution < -0.4 is 9.62 Å². The first-order valence-corrected chi connectivity index (χ1v) is 12.8. The van der Waals surface area contributed by atoms with Crippen molar-refractivity contribution >= 4 is 50.7 Å². The number of rotatable bonds is 8. The van der Waals surface area contributed by atoms with Gasteiger partial charge in [-0.15, -0.1) is 11.8 Å². The summed E-state index contributed by atoms with van der Waals surface area (Å²) >= 11 is 7.63. The number of halogens is 1. The molecule has 1 amide bonds. The van der Waals surface area contributed by atoms with E-state index < -0.39 is 22.0 Å². The summed E-state index contributed by atoms with van der Waals surface area (Å²) in [5, 5.41) is 3.28. The van der Waals surface area contributed by atoms with Crippen molar-refractivity contribution in [2.24, 2.45) is 0 Å². The van der Waals surface area contributed by atoms with Gasteiger partial charge < -0.3 is 5.32 Å². The van der Waals surface area contributed by atoms with Gasteiger partial charge in [0.1, 0.15) is 6.04 Å². The second-order valence-corrected chi connectivity index (χ2v) is 10.3. The number of hydrogen-bond donors (Lipinski definition) is 1. The minimum atomic E-state index is -3.68. The van der Waals surface area contributed by atoms with E-state index >= 15 is 0 Å². The zero-order chi connectivity index (χ0) is 22.4. The van der Waals surface area contributed by atoms with E-state index in [0.717, 1.165) is 21.9 Å². The normalized spacial score (nSPS) is 12.2. The molecule has 0 bridgehead atoms. The molecule has 0 aliphatic rings. The molecule has 0 aliphatic carbocycles. The van der Waals surface area contributed by atoms with Crippen LogP contribution in [0.5, 0.6) is 0 Å². The lowest BCUT2D eigenvalue weighted by Gasteiger charge is -2.28. The van der Waals surface area contributed by atoms with Crippen molar-refractivity contribution in [1.29, 1.82) is 0 Å². The quantitative estimate of drug-likeness (QED) is 0.442. The van der Waals surface area contributed by atoms with E-state index in [0.29, 0.717) is 16.4 Å². The van der Waals surface area contributed by atoms with Gasteiger partial charge in [-0.2, -0.15) is 0 Å². The number of nitrogens with zero attached hydrogens (tertiary/aromatic N) is 1. The molecule has 5 nitrogen and oxygen atoms in total. The fraction of sp³-hybridized carbons (Fsp3) is 0.174. The first-order valence-electron chi connectivity index (χ1n) is 9.56. The van der Waals surface area contributed by atoms with Crippen LogP contribution in [0.4, 0.5) is 11.4 Å². The average Bonchev–Trinajstić information content (AvgIpc) is 2.74. The number of carbonyl (C=O) groups is 1. The van der Waals surface area contributed by atoms with Crippen LogP contribution in [0.15, 0.2) is 83.8 Å². The van der Waals surface area contributed by atoms with Crippen LogP contribution in [0.2, 0.25) is 5.02 Å². The van der Waals surface area contributed by atoms with Crippen molar-refractivity contribution in [3.8, 4) is 0 Å². The van der Waals surface area contributed by atoms with Gasteiger partial charge >= 0.3 is 0 Å². The van der Waals surface area contributed by atoms with E-state index in [-0.39, 0.29) is 0 Å². The molecular weight excluding hydrogens is 452 g/mol. The molecule has 0 aliphatic heterocycles. The van der Waals surface area contributed by atoms with Gasteiger partial charge in [-0.1, -0.05) is 41.9 Å². The summed E-state index contributed by atoms with van der Waals surface area (Å²) < 4.78 is 25.8. The Morgan fingerprint density at radius 1 is 1.00 bits per heavy atom. The lowest BCUT2D eigenvalue weighted by atomic mass is 10.2. The van der Waals surface area contributed by atoms with E-state index in [1.807, 2.05) is 42.5 Å². The van der Waals surface area contributed by atoms with Crippen LogP contribution in [-0.4, -0.2) is 26.6 Å². The van der Waals surface area contributed by atoms with Crippen LogP contribution in [-0.2, 0) is 20.6 Å². The van der Waals surface area contributed by atoms with Gasteiger partial charge in [0.2, 0.25) is 15.9 Å². The molecule has 0 fully saturated rings. The lowest BCUT2D eigenvalue weighted by molar-refractivity contribution is -0.116. The summed E-state index contributed by atoms with van der Waals surface area (Å²) in [5.41, 5.74) is 2.11. The lowest BCUT2D eigenvalue weighted by Crippen LogP contribution is -2.45. The summed E-state index contributed by atoms with van der Waals surface area (Å²) in [6, 6.07) is 23.0. The molecule has 1 N–H and O–H groups in total. The van der Waals surface area contributed by atoms with Crippen molar-refractivity contribution < 1.29 is 13.2 Å². The predicted octanol–water partition coefficient (Wildman–Crippen LogP) is 5.43. The number of carbonyl (C=O) groups excluding carboxylic acids is 1. The minimum absolute atomic E-state index is 0.378. The number of sulfonamides is 1. The molecule has 0 saturated heterocycles. The molecule has 0 saturated carbocycles. The topological polar surface area (TPSA) is 66.5 Å². The van der Waals surface area contributed by atoms with Crippen LogP contribution in [0, 0.1) is 0 Å². The smallest absolute Gasteiger partial charge is 0.247 e. The van der Waals surface area contributed by atoms with Crippen LogP contribution in [0.1, 0.15) is 12.5 Å². The second kappa shape index (κ2) is 10.2. The summed E-state index contributed by atoms with van der Waals surface area (Å²) in [7, 11) is -3.68. The Morgan fingerprint density at radius 2 is 1.61 bits per heavy atom. The molecule has 3 aromatic rings. The Bertz CT molecular complexity index is 1120. The van der Waals surface area contributed by atoms with Gasteiger partial charge in [-0.3, -0.25) is 9.10 Å². The maximum atomic E-state index is 12.8. The highest BCUT2D eigenvalue weighted by Crippen LogP contribution is 2.25. The monoisotopic (exact) mass is 474 g/mol. The molecule has 0 unspecified atom stereocenters. The third-order valence-corrected chi connectivity index (χ3v) is 7.12. The van der Waals surface area contributed by atoms with Gasteiger partial charge in [0.05, 0.1) is 11.9 Å². The fourth-order valence-electron chi connectivity index (χ4n) is 3.01. The largest absolute Gasteiger partial charge is 0.324 e. The molecule has 3 aromatic carbocycles. The number of benzene rings is 3. The molecule has 1 atom stereocenters. The summed E-state index contributed by atoms with van der Waals surface area (Å²) in [5.74, 6) is 0.388. The number of amides is 1. The summed E-state index contributed by atoms with van der Waals surface area (Å²) in [6.45, 7) is 1.55. The Hall–Kier alpha value is -2.48. The van der Waals surface area contributed by atoms with Crippen LogP contribution >= 0.6 is 23.4 Å². The van der Waals surface area contributed by atoms with Gasteiger partial charge in [-0.25, -0.2) is 8.42 Å². The fourth-order valence-corrected chi connectivity index (χ4v) is 5.19. The zero-order valence-corrected chi connectivity index (χ0v) is 19.5. The molecular formula is C23H23ClN2O3S2. The van der Waals surface area contributed by atoms with E-state index in [9.17, 15) is 13.2 Å². The third kappa shape index (κ3) is 6.50. The number of nitrogens with one attached hydrogen (secondary N) is 1. The molecule has 162 valence electrons. The standard InChI is InChI=1S/C23H23ClN2O3S2/c1-17(26(31(2,28)29)21-14-10-19(24)11-15-21)23(27)25-20-12-8-18(9-13-20)16-30-22-6-4-3-5-7-22/h3-15,17H,16H2,1-2H3,(H,25,27)/t17-/m0/s1. The Labute approximate surface area is 192 Å². The van der Waals surface area contributed by atoms with Crippen molar-refractivity contribution in [2.75, 3.05) is 15.9 Å². The Morgan fingerprint density at radius 3 is 2.19 bits per heavy atom. The van der Waals surface area contributed by atoms with Crippen molar-refractivity contribution in [3.05, 3.63) is 89.4 Å². The van der Waals surface area contributed by atoms with Gasteiger partial charge in [-0.05, 0) is 61.0 Å². The van der Waals surface area contributed by atoms with E-state index in [1.165, 1.54) is 4.90 Å². The number of hydrogen-bond acceptors (Lipinski definition) is 4. The van der Waals surface area contributed by atoms with Gasteiger partial charge in [0.15, 0.2) is 0 Å². The first-order chi connectivity index (χ1) is 14.7. The van der Waals surface area contributed by atoms with Crippen molar-refractivity contribution in [2.45, 2.75) is 23.6 Å². The first kappa shape index (κ1) is 23.2. The highest BCUT2D eigenvalue weighted by Gasteiger charge is 2.29. The van der Waals surface area contributed by atoms with E-state index in [1.54, 1.807) is 43.0 Å². The highest BCUT2D eigenvalue weighted by atomic mass is 35.5. The molecule has 0 heterocycles. The molecule has 3 rings (SSSR count). The summed E-state index contributed by atoms with van der Waals surface area (Å²) in [4.78, 5) is 14.0. The van der Waals surface area contributed by atoms with Crippen LogP contribution in [0.25, 0.3) is 0 Å². The Balaban J connectivity index is 1.67. The molecule has 0 aromatic heterocycles. The second-order valence-electron chi connectivity index (χ2n) is 7.00. The highest BCUT2D eigenvalue weighted by molar-refractivity contribution is 7.98. The predicted molar refractivity (Wildman–Crippen MR) is 129 cm³/mol. The maximum absolute atomic E-state index is 12.8. The molecule has 0 radical (unpaired) electrons. The number of anilines is 2. The third-order valence-electron chi connectivity index (χ3n) is 4.54. The number of thioether (sulfide) groups is 1. The van der Waals surface area contributed by atoms with Gasteiger partial charge in [0, 0.05) is 21.4 Å². The average molecular weight is 475 g/mol. The van der Waals surface area contributed by atoms with Crippen molar-refractivity contribution in [3.63, 3.8) is 0 Å². The minimum Gasteiger partial charge on any atom is -0.324 e. The summed E-state index contributed by atoms with van der Waals surface area (Å²) in [6.07, 6.45) is 1.07. The van der Waals surface area contributed by atoms with Gasteiger partial charge in [0.25, 0.3) is 0 Å². The molecule has 0 spiro atoms. The molecule has 31 heavy (non-hydrogen) atoms. The SMILES string of the molecule is C[C@@H](C(=O)Nc1ccc(CSc2ccccc2)cc1)N(c1ccc(Cl)cc1)S(C)(=O)=O. The zero-order valence-electron chi connectivity index (χ0n) is 17.2. The Kier molecular flexibility index (Phi) is 7.64. The van der Waals surface area contributed by atoms with Crippen LogP contribution in [0.3, 0.4) is 0 Å². The maximum Gasteiger partial charge on any atom is 0.247 e. The van der Waals surface area contributed by atoms with E-state index in [4.69, 9.17) is 11.6 Å². The van der Waals surface area contributed by atoms with E-state index in [2.05, 4.69) is 17.4 Å². The van der Waals surface area contributed by atoms with Crippen molar-refractivity contribution in [1.82, 2.24) is 0 Å².